The standard InChI is InChI=1S/C22H30N4O5Si/c1-32(2,3)10-9-29-21-17-20(23-13-24-21)26(14-25-17)22-19(18(28)16(11-27)31-22)30-12-15-7-5-4-6-8-15/h4-8,13-14,16,18-19,22,27-28H,9-12H2,1-3H3/t16-,18-,19-,22?/m1/s1. The largest absolute Gasteiger partial charge is 0.476 e. The molecule has 0 amide bonds. The fourth-order valence-electron chi connectivity index (χ4n) is 3.62. The highest BCUT2D eigenvalue weighted by Gasteiger charge is 2.46. The average Bonchev–Trinajstić information content (AvgIpc) is 3.33. The Morgan fingerprint density at radius 1 is 1.12 bits per heavy atom. The van der Waals surface area contributed by atoms with Crippen molar-refractivity contribution in [3.05, 3.63) is 48.5 Å². The van der Waals surface area contributed by atoms with Crippen LogP contribution < -0.4 is 4.74 Å². The summed E-state index contributed by atoms with van der Waals surface area (Å²) in [6.07, 6.45) is -0.176. The monoisotopic (exact) mass is 458 g/mol. The Bertz CT molecular complexity index is 1030. The van der Waals surface area contributed by atoms with Crippen LogP contribution in [0.5, 0.6) is 5.88 Å². The molecule has 4 atom stereocenters. The molecule has 2 N–H and O–H groups in total. The van der Waals surface area contributed by atoms with Crippen molar-refractivity contribution < 1.29 is 24.4 Å². The Balaban J connectivity index is 1.57. The molecule has 1 aliphatic rings. The molecule has 9 nitrogen and oxygen atoms in total. The number of aliphatic hydroxyl groups is 2. The zero-order valence-electron chi connectivity index (χ0n) is 18.6. The number of rotatable bonds is 9. The summed E-state index contributed by atoms with van der Waals surface area (Å²) in [5.74, 6) is 0.422. The highest BCUT2D eigenvalue weighted by Crippen LogP contribution is 2.35. The maximum atomic E-state index is 10.7. The second kappa shape index (κ2) is 9.63. The Hall–Kier alpha value is -2.37. The Labute approximate surface area is 188 Å². The molecular weight excluding hydrogens is 428 g/mol. The molecule has 0 bridgehead atoms. The Morgan fingerprint density at radius 2 is 1.91 bits per heavy atom. The van der Waals surface area contributed by atoms with E-state index >= 15 is 0 Å². The van der Waals surface area contributed by atoms with Gasteiger partial charge in [-0.2, -0.15) is 4.98 Å². The molecule has 32 heavy (non-hydrogen) atoms. The van der Waals surface area contributed by atoms with Crippen LogP contribution in [0.15, 0.2) is 43.0 Å². The number of imidazole rings is 1. The van der Waals surface area contributed by atoms with Gasteiger partial charge in [-0.15, -0.1) is 0 Å². The van der Waals surface area contributed by atoms with Gasteiger partial charge in [0.15, 0.2) is 17.4 Å². The molecule has 2 aromatic heterocycles. The van der Waals surface area contributed by atoms with Crippen molar-refractivity contribution in [3.63, 3.8) is 0 Å². The SMILES string of the molecule is C[Si](C)(C)CCOc1ncnc2c1ncn2C1O[C@H](CO)[C@@H](O)[C@H]1OCc1ccccc1. The van der Waals surface area contributed by atoms with Crippen molar-refractivity contribution in [2.45, 2.75) is 56.8 Å². The predicted molar refractivity (Wildman–Crippen MR) is 121 cm³/mol. The van der Waals surface area contributed by atoms with Gasteiger partial charge in [0.1, 0.15) is 24.6 Å². The number of benzene rings is 1. The van der Waals surface area contributed by atoms with Gasteiger partial charge in [0, 0.05) is 8.07 Å². The van der Waals surface area contributed by atoms with E-state index in [9.17, 15) is 10.2 Å². The zero-order valence-corrected chi connectivity index (χ0v) is 19.6. The molecule has 1 fully saturated rings. The topological polar surface area (TPSA) is 112 Å². The third kappa shape index (κ3) is 4.99. The van der Waals surface area contributed by atoms with E-state index in [1.165, 1.54) is 6.33 Å². The molecule has 1 aliphatic heterocycles. The van der Waals surface area contributed by atoms with Gasteiger partial charge in [0.05, 0.1) is 26.1 Å². The van der Waals surface area contributed by atoms with Crippen molar-refractivity contribution in [3.8, 4) is 5.88 Å². The first-order valence-corrected chi connectivity index (χ1v) is 14.5. The number of hydrogen-bond donors (Lipinski definition) is 2. The smallest absolute Gasteiger partial charge is 0.245 e. The van der Waals surface area contributed by atoms with E-state index in [1.807, 2.05) is 30.3 Å². The lowest BCUT2D eigenvalue weighted by Crippen LogP contribution is -2.35. The summed E-state index contributed by atoms with van der Waals surface area (Å²) >= 11 is 0. The summed E-state index contributed by atoms with van der Waals surface area (Å²) < 4.78 is 19.6. The molecule has 1 saturated heterocycles. The molecule has 3 heterocycles. The van der Waals surface area contributed by atoms with E-state index < -0.39 is 32.6 Å². The van der Waals surface area contributed by atoms with Crippen molar-refractivity contribution in [2.24, 2.45) is 0 Å². The lowest BCUT2D eigenvalue weighted by atomic mass is 10.1. The second-order valence-electron chi connectivity index (χ2n) is 9.16. The summed E-state index contributed by atoms with van der Waals surface area (Å²) in [6.45, 7) is 7.41. The second-order valence-corrected chi connectivity index (χ2v) is 14.8. The lowest BCUT2D eigenvalue weighted by molar-refractivity contribution is -0.0761. The Morgan fingerprint density at radius 3 is 2.62 bits per heavy atom. The van der Waals surface area contributed by atoms with Crippen molar-refractivity contribution in [1.29, 1.82) is 0 Å². The predicted octanol–water partition coefficient (Wildman–Crippen LogP) is 2.38. The molecule has 10 heteroatoms. The first kappa shape index (κ1) is 22.8. The fraction of sp³-hybridized carbons (Fsp3) is 0.500. The van der Waals surface area contributed by atoms with Crippen molar-refractivity contribution in [1.82, 2.24) is 19.5 Å². The molecule has 1 aromatic carbocycles. The van der Waals surface area contributed by atoms with Gasteiger partial charge < -0.3 is 24.4 Å². The number of fused-ring (bicyclic) bond motifs is 1. The van der Waals surface area contributed by atoms with Gasteiger partial charge in [-0.25, -0.2) is 9.97 Å². The quantitative estimate of drug-likeness (QED) is 0.470. The van der Waals surface area contributed by atoms with Crippen LogP contribution in [-0.4, -0.2) is 69.3 Å². The molecule has 0 aliphatic carbocycles. The van der Waals surface area contributed by atoms with E-state index in [1.54, 1.807) is 10.9 Å². The summed E-state index contributed by atoms with van der Waals surface area (Å²) in [7, 11) is -1.24. The third-order valence-corrected chi connectivity index (χ3v) is 7.17. The van der Waals surface area contributed by atoms with Gasteiger partial charge in [0.2, 0.25) is 5.88 Å². The molecule has 4 rings (SSSR count). The van der Waals surface area contributed by atoms with Crippen LogP contribution in [0.4, 0.5) is 0 Å². The van der Waals surface area contributed by atoms with Gasteiger partial charge in [-0.05, 0) is 11.6 Å². The summed E-state index contributed by atoms with van der Waals surface area (Å²) in [4.78, 5) is 13.1. The molecule has 0 radical (unpaired) electrons. The number of aliphatic hydroxyl groups excluding tert-OH is 2. The van der Waals surface area contributed by atoms with E-state index in [2.05, 4.69) is 34.6 Å². The minimum atomic E-state index is -1.24. The van der Waals surface area contributed by atoms with Gasteiger partial charge in [-0.3, -0.25) is 4.57 Å². The van der Waals surface area contributed by atoms with Crippen LogP contribution in [0.2, 0.25) is 25.7 Å². The molecule has 3 aromatic rings. The third-order valence-electron chi connectivity index (χ3n) is 5.47. The van der Waals surface area contributed by atoms with E-state index in [0.717, 1.165) is 11.6 Å². The number of hydrogen-bond acceptors (Lipinski definition) is 8. The minimum absolute atomic E-state index is 0.299. The summed E-state index contributed by atoms with van der Waals surface area (Å²) in [5, 5.41) is 20.4. The molecule has 1 unspecified atom stereocenters. The normalized spacial score (nSPS) is 23.7. The van der Waals surface area contributed by atoms with E-state index in [0.29, 0.717) is 30.3 Å². The maximum Gasteiger partial charge on any atom is 0.245 e. The molecule has 172 valence electrons. The van der Waals surface area contributed by atoms with Crippen LogP contribution in [-0.2, 0) is 16.1 Å². The summed E-state index contributed by atoms with van der Waals surface area (Å²) in [6, 6.07) is 10.7. The highest BCUT2D eigenvalue weighted by molar-refractivity contribution is 6.76. The highest BCUT2D eigenvalue weighted by atomic mass is 28.3. The lowest BCUT2D eigenvalue weighted by Gasteiger charge is -2.22. The van der Waals surface area contributed by atoms with Crippen molar-refractivity contribution in [2.75, 3.05) is 13.2 Å². The number of nitrogens with zero attached hydrogens (tertiary/aromatic N) is 4. The van der Waals surface area contributed by atoms with Crippen LogP contribution >= 0.6 is 0 Å². The molecule has 0 saturated carbocycles. The van der Waals surface area contributed by atoms with Gasteiger partial charge >= 0.3 is 0 Å². The fourth-order valence-corrected chi connectivity index (χ4v) is 4.33. The average molecular weight is 459 g/mol. The van der Waals surface area contributed by atoms with E-state index in [-0.39, 0.29) is 6.61 Å². The van der Waals surface area contributed by atoms with E-state index in [4.69, 9.17) is 14.2 Å². The Kier molecular flexibility index (Phi) is 6.87. The van der Waals surface area contributed by atoms with Crippen LogP contribution in [0, 0.1) is 0 Å². The van der Waals surface area contributed by atoms with Crippen LogP contribution in [0.1, 0.15) is 11.8 Å². The van der Waals surface area contributed by atoms with Crippen molar-refractivity contribution >= 4 is 19.2 Å². The molecular formula is C22H30N4O5Si. The number of ether oxygens (including phenoxy) is 3. The molecule has 0 spiro atoms. The van der Waals surface area contributed by atoms with Gasteiger partial charge in [-0.1, -0.05) is 50.0 Å². The first-order chi connectivity index (χ1) is 15.4. The first-order valence-electron chi connectivity index (χ1n) is 10.8. The number of aromatic nitrogens is 4. The van der Waals surface area contributed by atoms with Crippen LogP contribution in [0.3, 0.4) is 0 Å². The minimum Gasteiger partial charge on any atom is -0.476 e. The van der Waals surface area contributed by atoms with Gasteiger partial charge in [0.25, 0.3) is 0 Å². The van der Waals surface area contributed by atoms with Crippen LogP contribution in [0.25, 0.3) is 11.2 Å². The maximum absolute atomic E-state index is 10.7. The zero-order chi connectivity index (χ0) is 22.7. The summed E-state index contributed by atoms with van der Waals surface area (Å²) in [5.41, 5.74) is 2.02.